The van der Waals surface area contributed by atoms with Gasteiger partial charge in [0.05, 0.1) is 10.6 Å². The highest BCUT2D eigenvalue weighted by Gasteiger charge is 2.30. The van der Waals surface area contributed by atoms with Crippen LogP contribution < -0.4 is 0 Å². The van der Waals surface area contributed by atoms with Crippen LogP contribution in [0.25, 0.3) is 11.4 Å². The molecule has 4 nitrogen and oxygen atoms in total. The number of hydrogen-bond donors (Lipinski definition) is 0. The molecule has 0 spiro atoms. The molecule has 0 saturated heterocycles. The predicted molar refractivity (Wildman–Crippen MR) is 108 cm³/mol. The van der Waals surface area contributed by atoms with Gasteiger partial charge in [-0.1, -0.05) is 53.7 Å². The number of alkyl halides is 3. The maximum absolute atomic E-state index is 12.9. The van der Waals surface area contributed by atoms with Crippen LogP contribution in [0, 0.1) is 0 Å². The molecule has 0 aliphatic carbocycles. The Hall–Kier alpha value is -2.03. The molecule has 29 heavy (non-hydrogen) atoms. The normalized spacial score (nSPS) is 11.8. The van der Waals surface area contributed by atoms with Gasteiger partial charge in [0, 0.05) is 31.6 Å². The second kappa shape index (κ2) is 9.65. The van der Waals surface area contributed by atoms with Crippen molar-refractivity contribution in [1.29, 1.82) is 0 Å². The van der Waals surface area contributed by atoms with Crippen LogP contribution in [0.1, 0.15) is 17.5 Å². The Labute approximate surface area is 176 Å². The van der Waals surface area contributed by atoms with E-state index < -0.39 is 11.7 Å². The number of nitrogens with zero attached hydrogens (tertiary/aromatic N) is 3. The second-order valence-electron chi connectivity index (χ2n) is 6.27. The summed E-state index contributed by atoms with van der Waals surface area (Å²) in [4.78, 5) is 0. The highest BCUT2D eigenvalue weighted by molar-refractivity contribution is 7.98. The van der Waals surface area contributed by atoms with Gasteiger partial charge >= 0.3 is 6.18 Å². The first-order valence-electron chi connectivity index (χ1n) is 8.86. The van der Waals surface area contributed by atoms with Crippen LogP contribution in [0.2, 0.25) is 5.02 Å². The summed E-state index contributed by atoms with van der Waals surface area (Å²) in [7, 11) is 1.63. The molecule has 0 fully saturated rings. The van der Waals surface area contributed by atoms with Gasteiger partial charge in [0.2, 0.25) is 0 Å². The fraction of sp³-hybridized carbons (Fsp3) is 0.300. The van der Waals surface area contributed by atoms with Gasteiger partial charge in [-0.05, 0) is 30.2 Å². The zero-order chi connectivity index (χ0) is 20.9. The van der Waals surface area contributed by atoms with Gasteiger partial charge in [-0.15, -0.1) is 10.2 Å². The van der Waals surface area contributed by atoms with E-state index in [1.165, 1.54) is 17.8 Å². The summed E-state index contributed by atoms with van der Waals surface area (Å²) in [6, 6.07) is 12.6. The average Bonchev–Trinajstić information content (AvgIpc) is 3.09. The Morgan fingerprint density at radius 3 is 2.62 bits per heavy atom. The van der Waals surface area contributed by atoms with Gasteiger partial charge in [-0.2, -0.15) is 13.2 Å². The Bertz CT molecular complexity index is 962. The van der Waals surface area contributed by atoms with Crippen molar-refractivity contribution in [2.45, 2.75) is 30.1 Å². The Morgan fingerprint density at radius 1 is 1.10 bits per heavy atom. The maximum atomic E-state index is 12.9. The molecule has 2 aromatic carbocycles. The SMILES string of the molecule is COCCCn1c(SCc2cccc(C(F)(F)F)c2)nnc1-c1ccccc1Cl. The van der Waals surface area contributed by atoms with Crippen molar-refractivity contribution in [3.05, 3.63) is 64.7 Å². The molecular formula is C20H19ClF3N3OS. The van der Waals surface area contributed by atoms with E-state index in [-0.39, 0.29) is 0 Å². The largest absolute Gasteiger partial charge is 0.416 e. The van der Waals surface area contributed by atoms with Gasteiger partial charge in [0.25, 0.3) is 0 Å². The molecule has 154 valence electrons. The summed E-state index contributed by atoms with van der Waals surface area (Å²) < 4.78 is 45.9. The van der Waals surface area contributed by atoms with Crippen LogP contribution in [0.4, 0.5) is 13.2 Å². The monoisotopic (exact) mass is 441 g/mol. The first kappa shape index (κ1) is 21.7. The first-order valence-corrected chi connectivity index (χ1v) is 10.2. The molecule has 3 aromatic rings. The summed E-state index contributed by atoms with van der Waals surface area (Å²) in [5, 5.41) is 9.71. The molecule has 0 saturated carbocycles. The minimum Gasteiger partial charge on any atom is -0.385 e. The minimum atomic E-state index is -4.36. The second-order valence-corrected chi connectivity index (χ2v) is 7.62. The summed E-state index contributed by atoms with van der Waals surface area (Å²) in [6.45, 7) is 1.17. The Morgan fingerprint density at radius 2 is 1.90 bits per heavy atom. The number of rotatable bonds is 8. The van der Waals surface area contributed by atoms with E-state index in [1.54, 1.807) is 19.2 Å². The minimum absolute atomic E-state index is 0.342. The third kappa shape index (κ3) is 5.52. The summed E-state index contributed by atoms with van der Waals surface area (Å²) >= 11 is 7.65. The Balaban J connectivity index is 1.84. The lowest BCUT2D eigenvalue weighted by atomic mass is 10.1. The quantitative estimate of drug-likeness (QED) is 0.320. The number of methoxy groups -OCH3 is 1. The van der Waals surface area contributed by atoms with Crippen LogP contribution in [0.3, 0.4) is 0 Å². The first-order chi connectivity index (χ1) is 13.9. The van der Waals surface area contributed by atoms with E-state index in [2.05, 4.69) is 10.2 Å². The molecule has 0 aliphatic rings. The molecule has 0 amide bonds. The van der Waals surface area contributed by atoms with Gasteiger partial charge in [0.15, 0.2) is 11.0 Å². The standard InChI is InChI=1S/C20H19ClF3N3OS/c1-28-11-5-10-27-18(16-8-2-3-9-17(16)21)25-26-19(27)29-13-14-6-4-7-15(12-14)20(22,23)24/h2-4,6-9,12H,5,10-11,13H2,1H3. The zero-order valence-electron chi connectivity index (χ0n) is 15.6. The average molecular weight is 442 g/mol. The van der Waals surface area contributed by atoms with Crippen molar-refractivity contribution in [3.63, 3.8) is 0 Å². The number of hydrogen-bond acceptors (Lipinski definition) is 4. The third-order valence-corrected chi connectivity index (χ3v) is 5.55. The van der Waals surface area contributed by atoms with Gasteiger partial charge in [0.1, 0.15) is 0 Å². The van der Waals surface area contributed by atoms with Crippen LogP contribution in [0.5, 0.6) is 0 Å². The molecule has 9 heteroatoms. The molecule has 1 heterocycles. The zero-order valence-corrected chi connectivity index (χ0v) is 17.2. The highest BCUT2D eigenvalue weighted by Crippen LogP contribution is 2.33. The van der Waals surface area contributed by atoms with Crippen LogP contribution in [-0.4, -0.2) is 28.5 Å². The molecule has 0 atom stereocenters. The van der Waals surface area contributed by atoms with Crippen molar-refractivity contribution < 1.29 is 17.9 Å². The number of halogens is 4. The summed E-state index contributed by atoms with van der Waals surface area (Å²) in [6.07, 6.45) is -3.62. The predicted octanol–water partition coefficient (Wildman–Crippen LogP) is 5.95. The smallest absolute Gasteiger partial charge is 0.385 e. The van der Waals surface area contributed by atoms with Gasteiger partial charge in [-0.3, -0.25) is 0 Å². The van der Waals surface area contributed by atoms with E-state index in [1.807, 2.05) is 22.8 Å². The van der Waals surface area contributed by atoms with Crippen LogP contribution in [0.15, 0.2) is 53.7 Å². The topological polar surface area (TPSA) is 39.9 Å². The molecule has 0 bridgehead atoms. The van der Waals surface area contributed by atoms with Crippen LogP contribution >= 0.6 is 23.4 Å². The summed E-state index contributed by atoms with van der Waals surface area (Å²) in [5.41, 5.74) is 0.662. The number of benzene rings is 2. The molecule has 0 aliphatic heterocycles. The van der Waals surface area contributed by atoms with E-state index in [4.69, 9.17) is 16.3 Å². The van der Waals surface area contributed by atoms with Crippen LogP contribution in [-0.2, 0) is 23.2 Å². The lowest BCUT2D eigenvalue weighted by Crippen LogP contribution is -2.06. The van der Waals surface area contributed by atoms with Crippen molar-refractivity contribution in [3.8, 4) is 11.4 Å². The maximum Gasteiger partial charge on any atom is 0.416 e. The van der Waals surface area contributed by atoms with Crippen molar-refractivity contribution in [2.24, 2.45) is 0 Å². The molecule has 0 N–H and O–H groups in total. The lowest BCUT2D eigenvalue weighted by molar-refractivity contribution is -0.137. The number of ether oxygens (including phenoxy) is 1. The fourth-order valence-electron chi connectivity index (χ4n) is 2.79. The van der Waals surface area contributed by atoms with Crippen molar-refractivity contribution in [2.75, 3.05) is 13.7 Å². The van der Waals surface area contributed by atoms with Crippen molar-refractivity contribution >= 4 is 23.4 Å². The Kier molecular flexibility index (Phi) is 7.21. The molecular weight excluding hydrogens is 423 g/mol. The summed E-state index contributed by atoms with van der Waals surface area (Å²) in [5.74, 6) is 0.965. The van der Waals surface area contributed by atoms with E-state index >= 15 is 0 Å². The molecule has 1 aromatic heterocycles. The van der Waals surface area contributed by atoms with Crippen molar-refractivity contribution in [1.82, 2.24) is 14.8 Å². The lowest BCUT2D eigenvalue weighted by Gasteiger charge is -2.11. The fourth-order valence-corrected chi connectivity index (χ4v) is 3.92. The van der Waals surface area contributed by atoms with E-state index in [9.17, 15) is 13.2 Å². The third-order valence-electron chi connectivity index (χ3n) is 4.18. The molecule has 3 rings (SSSR count). The number of thioether (sulfide) groups is 1. The van der Waals surface area contributed by atoms with E-state index in [0.29, 0.717) is 40.5 Å². The van der Waals surface area contributed by atoms with Gasteiger partial charge < -0.3 is 9.30 Å². The van der Waals surface area contributed by atoms with Gasteiger partial charge in [-0.25, -0.2) is 0 Å². The molecule has 0 unspecified atom stereocenters. The highest BCUT2D eigenvalue weighted by atomic mass is 35.5. The molecule has 0 radical (unpaired) electrons. The van der Waals surface area contributed by atoms with E-state index in [0.717, 1.165) is 24.1 Å². The number of aromatic nitrogens is 3.